The van der Waals surface area contributed by atoms with Gasteiger partial charge in [0.1, 0.15) is 5.82 Å². The molecule has 19 heavy (non-hydrogen) atoms. The Labute approximate surface area is 114 Å². The number of nitrogens with one attached hydrogen (secondary N) is 2. The lowest BCUT2D eigenvalue weighted by molar-refractivity contribution is 0.276. The van der Waals surface area contributed by atoms with Crippen molar-refractivity contribution in [3.63, 3.8) is 0 Å². The lowest BCUT2D eigenvalue weighted by Gasteiger charge is -2.27. The molecule has 0 spiro atoms. The van der Waals surface area contributed by atoms with E-state index in [1.54, 1.807) is 0 Å². The molecule has 3 rings (SSSR count). The summed E-state index contributed by atoms with van der Waals surface area (Å²) in [6.07, 6.45) is 3.72. The minimum atomic E-state index is 0.689. The second-order valence-corrected chi connectivity index (χ2v) is 5.94. The molecular formula is C16H23N3. The topological polar surface area (TPSA) is 40.7 Å². The molecular weight excluding hydrogens is 234 g/mol. The lowest BCUT2D eigenvalue weighted by atomic mass is 9.85. The summed E-state index contributed by atoms with van der Waals surface area (Å²) >= 11 is 0. The summed E-state index contributed by atoms with van der Waals surface area (Å²) in [6, 6.07) is 6.33. The predicted octanol–water partition coefficient (Wildman–Crippen LogP) is 3.05. The summed E-state index contributed by atoms with van der Waals surface area (Å²) in [5.41, 5.74) is 3.56. The monoisotopic (exact) mass is 257 g/mol. The van der Waals surface area contributed by atoms with Crippen molar-refractivity contribution in [3.8, 4) is 0 Å². The number of aromatic nitrogens is 2. The highest BCUT2D eigenvalue weighted by Gasteiger charge is 2.21. The van der Waals surface area contributed by atoms with Crippen LogP contribution < -0.4 is 5.32 Å². The highest BCUT2D eigenvalue weighted by Crippen LogP contribution is 2.24. The third-order valence-corrected chi connectivity index (χ3v) is 4.42. The lowest BCUT2D eigenvalue weighted by Crippen LogP contribution is -2.34. The maximum atomic E-state index is 4.77. The Hall–Kier alpha value is -1.35. The summed E-state index contributed by atoms with van der Waals surface area (Å²) in [4.78, 5) is 8.25. The standard InChI is InChI=1S/C16H23N3/c1-11-5-3-7-14-16(11)19-15(18-14)9-12(2)13-6-4-8-17-10-13/h3,5,7,12-13,17H,4,6,8-10H2,1-2H3,(H,18,19). The van der Waals surface area contributed by atoms with E-state index in [-0.39, 0.29) is 0 Å². The van der Waals surface area contributed by atoms with E-state index >= 15 is 0 Å². The zero-order valence-corrected chi connectivity index (χ0v) is 11.9. The van der Waals surface area contributed by atoms with Crippen LogP contribution in [0.1, 0.15) is 31.2 Å². The SMILES string of the molecule is Cc1cccc2[nH]c(CC(C)C3CCCNC3)nc12. The fourth-order valence-electron chi connectivity index (χ4n) is 3.16. The van der Waals surface area contributed by atoms with Crippen LogP contribution in [0.2, 0.25) is 0 Å². The molecule has 3 heteroatoms. The second kappa shape index (κ2) is 5.33. The predicted molar refractivity (Wildman–Crippen MR) is 79.3 cm³/mol. The van der Waals surface area contributed by atoms with Crippen LogP contribution in [0.25, 0.3) is 11.0 Å². The Balaban J connectivity index is 1.75. The highest BCUT2D eigenvalue weighted by atomic mass is 14.9. The van der Waals surface area contributed by atoms with Crippen molar-refractivity contribution in [3.05, 3.63) is 29.6 Å². The summed E-state index contributed by atoms with van der Waals surface area (Å²) in [5.74, 6) is 2.62. The van der Waals surface area contributed by atoms with Crippen LogP contribution in [0.4, 0.5) is 0 Å². The van der Waals surface area contributed by atoms with Crippen molar-refractivity contribution in [2.24, 2.45) is 11.8 Å². The number of H-pyrrole nitrogens is 1. The summed E-state index contributed by atoms with van der Waals surface area (Å²) in [5, 5.41) is 3.51. The Morgan fingerprint density at radius 3 is 3.05 bits per heavy atom. The number of aromatic amines is 1. The van der Waals surface area contributed by atoms with Gasteiger partial charge >= 0.3 is 0 Å². The number of aryl methyl sites for hydroxylation is 1. The smallest absolute Gasteiger partial charge is 0.107 e. The number of nitrogens with zero attached hydrogens (tertiary/aromatic N) is 1. The normalized spacial score (nSPS) is 21.7. The van der Waals surface area contributed by atoms with Gasteiger partial charge in [-0.25, -0.2) is 4.98 Å². The highest BCUT2D eigenvalue weighted by molar-refractivity contribution is 5.78. The van der Waals surface area contributed by atoms with Gasteiger partial charge in [0.2, 0.25) is 0 Å². The van der Waals surface area contributed by atoms with Gasteiger partial charge < -0.3 is 10.3 Å². The number of hydrogen-bond donors (Lipinski definition) is 2. The number of imidazole rings is 1. The van der Waals surface area contributed by atoms with Crippen molar-refractivity contribution in [1.82, 2.24) is 15.3 Å². The van der Waals surface area contributed by atoms with E-state index in [2.05, 4.69) is 42.3 Å². The van der Waals surface area contributed by atoms with Crippen molar-refractivity contribution in [1.29, 1.82) is 0 Å². The van der Waals surface area contributed by atoms with Gasteiger partial charge in [0.25, 0.3) is 0 Å². The number of benzene rings is 1. The molecule has 1 aliphatic heterocycles. The summed E-state index contributed by atoms with van der Waals surface area (Å²) < 4.78 is 0. The van der Waals surface area contributed by atoms with Gasteiger partial charge in [-0.3, -0.25) is 0 Å². The van der Waals surface area contributed by atoms with Gasteiger partial charge in [-0.05, 0) is 56.3 Å². The van der Waals surface area contributed by atoms with E-state index in [0.717, 1.165) is 23.7 Å². The molecule has 1 fully saturated rings. The Morgan fingerprint density at radius 2 is 2.32 bits per heavy atom. The first kappa shape index (κ1) is 12.7. The van der Waals surface area contributed by atoms with Crippen molar-refractivity contribution in [2.45, 2.75) is 33.1 Å². The maximum Gasteiger partial charge on any atom is 0.107 e. The molecule has 0 bridgehead atoms. The zero-order chi connectivity index (χ0) is 13.2. The molecule has 0 aliphatic carbocycles. The maximum absolute atomic E-state index is 4.77. The second-order valence-electron chi connectivity index (χ2n) is 5.94. The third kappa shape index (κ3) is 2.66. The molecule has 1 saturated heterocycles. The minimum Gasteiger partial charge on any atom is -0.342 e. The van der Waals surface area contributed by atoms with Gasteiger partial charge in [-0.1, -0.05) is 19.1 Å². The molecule has 0 saturated carbocycles. The first-order chi connectivity index (χ1) is 9.24. The van der Waals surface area contributed by atoms with Crippen molar-refractivity contribution < 1.29 is 0 Å². The van der Waals surface area contributed by atoms with Crippen LogP contribution in [0, 0.1) is 18.8 Å². The van der Waals surface area contributed by atoms with E-state index in [1.165, 1.54) is 37.0 Å². The van der Waals surface area contributed by atoms with Crippen LogP contribution >= 0.6 is 0 Å². The summed E-state index contributed by atoms with van der Waals surface area (Å²) in [7, 11) is 0. The molecule has 2 atom stereocenters. The Bertz CT molecular complexity index is 552. The molecule has 0 radical (unpaired) electrons. The van der Waals surface area contributed by atoms with E-state index in [4.69, 9.17) is 4.98 Å². The largest absolute Gasteiger partial charge is 0.342 e. The quantitative estimate of drug-likeness (QED) is 0.887. The third-order valence-electron chi connectivity index (χ3n) is 4.42. The molecule has 3 nitrogen and oxygen atoms in total. The van der Waals surface area contributed by atoms with Gasteiger partial charge in [-0.15, -0.1) is 0 Å². The molecule has 1 aromatic carbocycles. The summed E-state index contributed by atoms with van der Waals surface area (Å²) in [6.45, 7) is 6.84. The molecule has 1 aromatic heterocycles. The number of rotatable bonds is 3. The van der Waals surface area contributed by atoms with Crippen molar-refractivity contribution >= 4 is 11.0 Å². The van der Waals surface area contributed by atoms with Gasteiger partial charge in [0, 0.05) is 6.42 Å². The van der Waals surface area contributed by atoms with Crippen LogP contribution in [-0.4, -0.2) is 23.1 Å². The van der Waals surface area contributed by atoms with Gasteiger partial charge in [0.05, 0.1) is 11.0 Å². The van der Waals surface area contributed by atoms with Crippen LogP contribution in [0.3, 0.4) is 0 Å². The Kier molecular flexibility index (Phi) is 3.56. The number of piperidine rings is 1. The van der Waals surface area contributed by atoms with Crippen molar-refractivity contribution in [2.75, 3.05) is 13.1 Å². The van der Waals surface area contributed by atoms with E-state index in [0.29, 0.717) is 5.92 Å². The molecule has 2 unspecified atom stereocenters. The van der Waals surface area contributed by atoms with Gasteiger partial charge in [0.15, 0.2) is 0 Å². The molecule has 102 valence electrons. The molecule has 1 aliphatic rings. The fraction of sp³-hybridized carbons (Fsp3) is 0.562. The molecule has 0 amide bonds. The van der Waals surface area contributed by atoms with Gasteiger partial charge in [-0.2, -0.15) is 0 Å². The molecule has 2 aromatic rings. The zero-order valence-electron chi connectivity index (χ0n) is 11.9. The average molecular weight is 257 g/mol. The molecule has 2 N–H and O–H groups in total. The van der Waals surface area contributed by atoms with E-state index < -0.39 is 0 Å². The van der Waals surface area contributed by atoms with E-state index in [1.807, 2.05) is 0 Å². The Morgan fingerprint density at radius 1 is 1.42 bits per heavy atom. The first-order valence-electron chi connectivity index (χ1n) is 7.39. The average Bonchev–Trinajstić information content (AvgIpc) is 2.84. The molecule has 2 heterocycles. The minimum absolute atomic E-state index is 0.689. The number of fused-ring (bicyclic) bond motifs is 1. The van der Waals surface area contributed by atoms with Crippen LogP contribution in [0.15, 0.2) is 18.2 Å². The first-order valence-corrected chi connectivity index (χ1v) is 7.39. The van der Waals surface area contributed by atoms with Crippen LogP contribution in [0.5, 0.6) is 0 Å². The van der Waals surface area contributed by atoms with E-state index in [9.17, 15) is 0 Å². The van der Waals surface area contributed by atoms with Crippen LogP contribution in [-0.2, 0) is 6.42 Å². The fourth-order valence-corrected chi connectivity index (χ4v) is 3.16. The number of para-hydroxylation sites is 1. The number of hydrogen-bond acceptors (Lipinski definition) is 2.